The van der Waals surface area contributed by atoms with Gasteiger partial charge in [0.2, 0.25) is 0 Å². The van der Waals surface area contributed by atoms with Crippen LogP contribution in [0.4, 0.5) is 4.79 Å². The quantitative estimate of drug-likeness (QED) is 0.461. The number of carbonyl (C=O) groups excluding carboxylic acids is 2. The summed E-state index contributed by atoms with van der Waals surface area (Å²) < 4.78 is 10.8. The van der Waals surface area contributed by atoms with Crippen LogP contribution in [0, 0.1) is 23.7 Å². The van der Waals surface area contributed by atoms with Crippen LogP contribution in [0.3, 0.4) is 0 Å². The van der Waals surface area contributed by atoms with Crippen LogP contribution in [0.5, 0.6) is 0 Å². The molecule has 164 valence electrons. The van der Waals surface area contributed by atoms with Gasteiger partial charge in [-0.05, 0) is 48.8 Å². The summed E-state index contributed by atoms with van der Waals surface area (Å²) in [6.45, 7) is 13.8. The minimum atomic E-state index is -0.315. The van der Waals surface area contributed by atoms with Crippen molar-refractivity contribution >= 4 is 12.1 Å². The van der Waals surface area contributed by atoms with Gasteiger partial charge in [-0.3, -0.25) is 0 Å². The SMILES string of the molecule is CCCc1ccc(C(=O)OCC(C(C)C)C(CN(C)C(=O)OCC)C(C)C)cc1. The summed E-state index contributed by atoms with van der Waals surface area (Å²) in [6.07, 6.45) is 1.77. The van der Waals surface area contributed by atoms with Crippen molar-refractivity contribution in [3.63, 3.8) is 0 Å². The van der Waals surface area contributed by atoms with Crippen LogP contribution in [0.1, 0.15) is 63.9 Å². The Bertz CT molecular complexity index is 624. The largest absolute Gasteiger partial charge is 0.462 e. The van der Waals surface area contributed by atoms with Crippen LogP contribution in [-0.4, -0.2) is 43.8 Å². The first-order valence-corrected chi connectivity index (χ1v) is 10.8. The van der Waals surface area contributed by atoms with Crippen molar-refractivity contribution < 1.29 is 19.1 Å². The lowest BCUT2D eigenvalue weighted by Crippen LogP contribution is -2.40. The van der Waals surface area contributed by atoms with Crippen LogP contribution in [0.25, 0.3) is 0 Å². The lowest BCUT2D eigenvalue weighted by molar-refractivity contribution is 0.0233. The van der Waals surface area contributed by atoms with Gasteiger partial charge in [0.15, 0.2) is 0 Å². The molecule has 29 heavy (non-hydrogen) atoms. The number of hydrogen-bond acceptors (Lipinski definition) is 4. The first-order valence-electron chi connectivity index (χ1n) is 10.8. The van der Waals surface area contributed by atoms with Gasteiger partial charge in [0.1, 0.15) is 0 Å². The molecular weight excluding hydrogens is 366 g/mol. The van der Waals surface area contributed by atoms with E-state index in [0.717, 1.165) is 12.8 Å². The van der Waals surface area contributed by atoms with E-state index in [1.54, 1.807) is 18.9 Å². The van der Waals surface area contributed by atoms with E-state index in [-0.39, 0.29) is 23.9 Å². The molecule has 2 unspecified atom stereocenters. The second-order valence-electron chi connectivity index (χ2n) is 8.44. The summed E-state index contributed by atoms with van der Waals surface area (Å²) in [7, 11) is 1.76. The van der Waals surface area contributed by atoms with E-state index in [0.29, 0.717) is 37.2 Å². The minimum Gasteiger partial charge on any atom is -0.462 e. The monoisotopic (exact) mass is 405 g/mol. The predicted molar refractivity (Wildman–Crippen MR) is 117 cm³/mol. The number of hydrogen-bond donors (Lipinski definition) is 0. The fraction of sp³-hybridized carbons (Fsp3) is 0.667. The van der Waals surface area contributed by atoms with Crippen molar-refractivity contribution in [3.05, 3.63) is 35.4 Å². The third kappa shape index (κ3) is 8.08. The summed E-state index contributed by atoms with van der Waals surface area (Å²) >= 11 is 0. The average Bonchev–Trinajstić information content (AvgIpc) is 2.67. The van der Waals surface area contributed by atoms with Crippen molar-refractivity contribution in [1.82, 2.24) is 4.90 Å². The number of esters is 1. The van der Waals surface area contributed by atoms with E-state index in [9.17, 15) is 9.59 Å². The second kappa shape index (κ2) is 12.5. The maximum atomic E-state index is 12.5. The molecule has 5 heteroatoms. The van der Waals surface area contributed by atoms with Crippen LogP contribution in [0.2, 0.25) is 0 Å². The van der Waals surface area contributed by atoms with Crippen molar-refractivity contribution in [3.8, 4) is 0 Å². The molecule has 1 amide bonds. The maximum Gasteiger partial charge on any atom is 0.409 e. The number of rotatable bonds is 11. The topological polar surface area (TPSA) is 55.8 Å². The fourth-order valence-corrected chi connectivity index (χ4v) is 3.63. The van der Waals surface area contributed by atoms with E-state index in [4.69, 9.17) is 9.47 Å². The molecule has 1 rings (SSSR count). The molecular formula is C24H39NO4. The molecule has 2 atom stereocenters. The highest BCUT2D eigenvalue weighted by Crippen LogP contribution is 2.29. The molecule has 0 spiro atoms. The normalized spacial score (nSPS) is 13.3. The molecule has 0 radical (unpaired) electrons. The lowest BCUT2D eigenvalue weighted by atomic mass is 9.77. The van der Waals surface area contributed by atoms with Crippen molar-refractivity contribution in [1.29, 1.82) is 0 Å². The lowest BCUT2D eigenvalue weighted by Gasteiger charge is -2.35. The molecule has 1 aromatic rings. The smallest absolute Gasteiger partial charge is 0.409 e. The van der Waals surface area contributed by atoms with Gasteiger partial charge in [0.05, 0.1) is 18.8 Å². The Kier molecular flexibility index (Phi) is 10.8. The number of amides is 1. The number of ether oxygens (including phenoxy) is 2. The highest BCUT2D eigenvalue weighted by Gasteiger charge is 2.31. The average molecular weight is 406 g/mol. The summed E-state index contributed by atoms with van der Waals surface area (Å²) in [4.78, 5) is 26.2. The molecule has 0 aliphatic carbocycles. The van der Waals surface area contributed by atoms with Crippen LogP contribution in [-0.2, 0) is 15.9 Å². The number of nitrogens with zero attached hydrogens (tertiary/aromatic N) is 1. The molecule has 1 aromatic carbocycles. The van der Waals surface area contributed by atoms with Gasteiger partial charge < -0.3 is 14.4 Å². The van der Waals surface area contributed by atoms with Gasteiger partial charge in [0, 0.05) is 19.5 Å². The third-order valence-electron chi connectivity index (χ3n) is 5.46. The Labute approximate surface area is 176 Å². The molecule has 0 aliphatic heterocycles. The Balaban J connectivity index is 2.80. The summed E-state index contributed by atoms with van der Waals surface area (Å²) in [6, 6.07) is 7.66. The van der Waals surface area contributed by atoms with E-state index in [1.807, 2.05) is 24.3 Å². The predicted octanol–water partition coefficient (Wildman–Crippen LogP) is 5.43. The Hall–Kier alpha value is -2.04. The van der Waals surface area contributed by atoms with Gasteiger partial charge in [-0.1, -0.05) is 53.2 Å². The summed E-state index contributed by atoms with van der Waals surface area (Å²) in [5.41, 5.74) is 1.81. The highest BCUT2D eigenvalue weighted by atomic mass is 16.6. The van der Waals surface area contributed by atoms with Crippen molar-refractivity contribution in [2.24, 2.45) is 23.7 Å². The molecule has 5 nitrogen and oxygen atoms in total. The van der Waals surface area contributed by atoms with E-state index < -0.39 is 0 Å². The zero-order valence-corrected chi connectivity index (χ0v) is 19.2. The molecule has 0 aromatic heterocycles. The van der Waals surface area contributed by atoms with E-state index >= 15 is 0 Å². The third-order valence-corrected chi connectivity index (χ3v) is 5.46. The highest BCUT2D eigenvalue weighted by molar-refractivity contribution is 5.89. The molecule has 0 fully saturated rings. The van der Waals surface area contributed by atoms with Gasteiger partial charge in [0.25, 0.3) is 0 Å². The first kappa shape index (κ1) is 25.0. The maximum absolute atomic E-state index is 12.5. The van der Waals surface area contributed by atoms with Crippen LogP contribution in [0.15, 0.2) is 24.3 Å². The Morgan fingerprint density at radius 2 is 1.52 bits per heavy atom. The molecule has 0 aliphatic rings. The number of carbonyl (C=O) groups is 2. The zero-order valence-electron chi connectivity index (χ0n) is 19.2. The number of aryl methyl sites for hydroxylation is 1. The van der Waals surface area contributed by atoms with Crippen LogP contribution < -0.4 is 0 Å². The number of benzene rings is 1. The Morgan fingerprint density at radius 1 is 0.931 bits per heavy atom. The molecule has 0 heterocycles. The molecule has 0 saturated carbocycles. The van der Waals surface area contributed by atoms with Gasteiger partial charge in [-0.15, -0.1) is 0 Å². The summed E-state index contributed by atoms with van der Waals surface area (Å²) in [5, 5.41) is 0. The Morgan fingerprint density at radius 3 is 2.00 bits per heavy atom. The zero-order chi connectivity index (χ0) is 22.0. The molecule has 0 saturated heterocycles. The fourth-order valence-electron chi connectivity index (χ4n) is 3.63. The molecule has 0 N–H and O–H groups in total. The standard InChI is InChI=1S/C24H39NO4/c1-8-10-19-11-13-20(14-12-19)23(26)29-16-22(18(5)6)21(17(3)4)15-25(7)24(27)28-9-2/h11-14,17-18,21-22H,8-10,15-16H2,1-7H3. The van der Waals surface area contributed by atoms with Crippen molar-refractivity contribution in [2.45, 2.75) is 54.4 Å². The minimum absolute atomic E-state index is 0.148. The molecule has 0 bridgehead atoms. The van der Waals surface area contributed by atoms with E-state index in [1.165, 1.54) is 5.56 Å². The van der Waals surface area contributed by atoms with E-state index in [2.05, 4.69) is 34.6 Å². The van der Waals surface area contributed by atoms with Gasteiger partial charge in [-0.25, -0.2) is 9.59 Å². The van der Waals surface area contributed by atoms with Gasteiger partial charge >= 0.3 is 12.1 Å². The van der Waals surface area contributed by atoms with Gasteiger partial charge in [-0.2, -0.15) is 0 Å². The first-order chi connectivity index (χ1) is 13.7. The van der Waals surface area contributed by atoms with Crippen LogP contribution >= 0.6 is 0 Å². The summed E-state index contributed by atoms with van der Waals surface area (Å²) in [5.74, 6) is 0.711. The van der Waals surface area contributed by atoms with Crippen molar-refractivity contribution in [2.75, 3.05) is 26.8 Å². The second-order valence-corrected chi connectivity index (χ2v) is 8.44.